The molecule has 1 rings (SSSR count). The lowest BCUT2D eigenvalue weighted by Crippen LogP contribution is -2.46. The number of ether oxygens (including phenoxy) is 3. The first kappa shape index (κ1) is 15.2. The van der Waals surface area contributed by atoms with Gasteiger partial charge in [-0.1, -0.05) is 0 Å². The van der Waals surface area contributed by atoms with Gasteiger partial charge in [-0.05, 0) is 27.2 Å². The Bertz CT molecular complexity index is 281. The number of aliphatic imine (C=N–C) groups is 1. The lowest BCUT2D eigenvalue weighted by Gasteiger charge is -2.38. The zero-order valence-electron chi connectivity index (χ0n) is 12.3. The Morgan fingerprint density at radius 1 is 1.33 bits per heavy atom. The summed E-state index contributed by atoms with van der Waals surface area (Å²) in [6.07, 6.45) is 1.83. The van der Waals surface area contributed by atoms with E-state index in [2.05, 4.69) is 16.8 Å². The maximum absolute atomic E-state index is 5.68. The van der Waals surface area contributed by atoms with Gasteiger partial charge in [0.25, 0.3) is 6.02 Å². The molecule has 1 unspecified atom stereocenters. The summed E-state index contributed by atoms with van der Waals surface area (Å²) in [5.41, 5.74) is 0. The topological polar surface area (TPSA) is 43.3 Å². The van der Waals surface area contributed by atoms with Crippen LogP contribution in [0.3, 0.4) is 0 Å². The van der Waals surface area contributed by atoms with Crippen molar-refractivity contribution in [3.05, 3.63) is 0 Å². The van der Waals surface area contributed by atoms with E-state index in [1.165, 1.54) is 0 Å². The largest absolute Gasteiger partial charge is 0.468 e. The zero-order chi connectivity index (χ0) is 13.7. The summed E-state index contributed by atoms with van der Waals surface area (Å²) in [5.74, 6) is 0. The molecule has 0 N–H and O–H groups in total. The number of hydrogen-bond acceptors (Lipinski definition) is 4. The molecule has 18 heavy (non-hydrogen) atoms. The number of amidine groups is 1. The molecular formula is C13H26N2O3. The second kappa shape index (κ2) is 6.95. The van der Waals surface area contributed by atoms with Crippen LogP contribution in [0, 0.1) is 0 Å². The molecule has 106 valence electrons. The van der Waals surface area contributed by atoms with Gasteiger partial charge < -0.3 is 19.1 Å². The van der Waals surface area contributed by atoms with Crippen LogP contribution in [0.25, 0.3) is 0 Å². The minimum Gasteiger partial charge on any atom is -0.468 e. The van der Waals surface area contributed by atoms with E-state index in [1.54, 1.807) is 14.2 Å². The summed E-state index contributed by atoms with van der Waals surface area (Å²) < 4.78 is 16.4. The first-order valence-electron chi connectivity index (χ1n) is 6.50. The van der Waals surface area contributed by atoms with Gasteiger partial charge in [0.05, 0.1) is 13.2 Å². The van der Waals surface area contributed by atoms with Crippen molar-refractivity contribution >= 4 is 6.02 Å². The molecule has 5 heteroatoms. The van der Waals surface area contributed by atoms with E-state index in [1.807, 2.05) is 20.9 Å². The molecule has 3 atom stereocenters. The summed E-state index contributed by atoms with van der Waals surface area (Å²) >= 11 is 0. The molecule has 1 heterocycles. The second-order valence-electron chi connectivity index (χ2n) is 5.06. The van der Waals surface area contributed by atoms with Crippen LogP contribution in [0.2, 0.25) is 0 Å². The lowest BCUT2D eigenvalue weighted by molar-refractivity contribution is -0.187. The molecule has 0 radical (unpaired) electrons. The normalized spacial score (nSPS) is 29.5. The van der Waals surface area contributed by atoms with E-state index in [0.717, 1.165) is 12.8 Å². The number of hydrogen-bond donors (Lipinski definition) is 0. The quantitative estimate of drug-likeness (QED) is 0.572. The first-order chi connectivity index (χ1) is 8.47. The SMILES string of the molecule is CO/C(=N/C(C)C)N(C)[C@@H]1CC(OC)O[C@H](C)C1. The highest BCUT2D eigenvalue weighted by atomic mass is 16.7. The highest BCUT2D eigenvalue weighted by Gasteiger charge is 2.31. The smallest absolute Gasteiger partial charge is 0.287 e. The molecule has 0 aromatic heterocycles. The fourth-order valence-electron chi connectivity index (χ4n) is 2.20. The van der Waals surface area contributed by atoms with E-state index >= 15 is 0 Å². The van der Waals surface area contributed by atoms with Gasteiger partial charge in [0.15, 0.2) is 6.29 Å². The van der Waals surface area contributed by atoms with Crippen molar-refractivity contribution in [1.82, 2.24) is 4.90 Å². The van der Waals surface area contributed by atoms with Crippen molar-refractivity contribution in [2.24, 2.45) is 4.99 Å². The van der Waals surface area contributed by atoms with Crippen molar-refractivity contribution in [3.8, 4) is 0 Å². The van der Waals surface area contributed by atoms with Crippen LogP contribution in [-0.4, -0.2) is 56.7 Å². The third-order valence-corrected chi connectivity index (χ3v) is 3.12. The van der Waals surface area contributed by atoms with Crippen LogP contribution >= 0.6 is 0 Å². The highest BCUT2D eigenvalue weighted by Crippen LogP contribution is 2.23. The van der Waals surface area contributed by atoms with E-state index < -0.39 is 0 Å². The van der Waals surface area contributed by atoms with E-state index in [9.17, 15) is 0 Å². The van der Waals surface area contributed by atoms with Gasteiger partial charge in [-0.25, -0.2) is 4.99 Å². The van der Waals surface area contributed by atoms with Crippen LogP contribution in [-0.2, 0) is 14.2 Å². The van der Waals surface area contributed by atoms with Gasteiger partial charge in [0, 0.05) is 32.7 Å². The van der Waals surface area contributed by atoms with Crippen LogP contribution in [0.5, 0.6) is 0 Å². The first-order valence-corrected chi connectivity index (χ1v) is 6.50. The Balaban J connectivity index is 2.72. The molecule has 0 aliphatic carbocycles. The van der Waals surface area contributed by atoms with Gasteiger partial charge in [-0.2, -0.15) is 0 Å². The maximum Gasteiger partial charge on any atom is 0.287 e. The number of nitrogens with zero attached hydrogens (tertiary/aromatic N) is 2. The van der Waals surface area contributed by atoms with Crippen molar-refractivity contribution in [3.63, 3.8) is 0 Å². The third kappa shape index (κ3) is 4.14. The molecule has 0 aromatic rings. The number of methoxy groups -OCH3 is 2. The van der Waals surface area contributed by atoms with Gasteiger partial charge in [-0.15, -0.1) is 0 Å². The minimum atomic E-state index is -0.140. The molecule has 0 bridgehead atoms. The predicted octanol–water partition coefficient (Wildman–Crippen LogP) is 1.87. The van der Waals surface area contributed by atoms with E-state index in [0.29, 0.717) is 12.1 Å². The Hall–Kier alpha value is -0.810. The fraction of sp³-hybridized carbons (Fsp3) is 0.923. The summed E-state index contributed by atoms with van der Waals surface area (Å²) in [6.45, 7) is 6.15. The fourth-order valence-corrected chi connectivity index (χ4v) is 2.20. The lowest BCUT2D eigenvalue weighted by atomic mass is 10.0. The van der Waals surface area contributed by atoms with Crippen LogP contribution in [0.1, 0.15) is 33.6 Å². The average molecular weight is 258 g/mol. The Labute approximate surface area is 110 Å². The van der Waals surface area contributed by atoms with Gasteiger partial charge in [-0.3, -0.25) is 0 Å². The molecule has 1 aliphatic heterocycles. The Morgan fingerprint density at radius 2 is 2.00 bits per heavy atom. The van der Waals surface area contributed by atoms with E-state index in [-0.39, 0.29) is 18.4 Å². The molecule has 1 saturated heterocycles. The summed E-state index contributed by atoms with van der Waals surface area (Å²) in [7, 11) is 5.35. The Morgan fingerprint density at radius 3 is 2.50 bits per heavy atom. The molecule has 1 aliphatic rings. The monoisotopic (exact) mass is 258 g/mol. The maximum atomic E-state index is 5.68. The van der Waals surface area contributed by atoms with Crippen molar-refractivity contribution in [2.45, 2.75) is 58.1 Å². The van der Waals surface area contributed by atoms with Gasteiger partial charge >= 0.3 is 0 Å². The Kier molecular flexibility index (Phi) is 5.88. The van der Waals surface area contributed by atoms with Crippen LogP contribution in [0.4, 0.5) is 0 Å². The summed E-state index contributed by atoms with van der Waals surface area (Å²) in [5, 5.41) is 0. The highest BCUT2D eigenvalue weighted by molar-refractivity contribution is 5.73. The molecule has 0 saturated carbocycles. The zero-order valence-corrected chi connectivity index (χ0v) is 12.3. The molecule has 0 aromatic carbocycles. The molecular weight excluding hydrogens is 232 g/mol. The van der Waals surface area contributed by atoms with Crippen LogP contribution in [0.15, 0.2) is 4.99 Å². The summed E-state index contributed by atoms with van der Waals surface area (Å²) in [4.78, 5) is 6.57. The average Bonchev–Trinajstić information content (AvgIpc) is 2.34. The number of rotatable bonds is 3. The second-order valence-corrected chi connectivity index (χ2v) is 5.06. The molecule has 5 nitrogen and oxygen atoms in total. The third-order valence-electron chi connectivity index (χ3n) is 3.12. The van der Waals surface area contributed by atoms with Crippen molar-refractivity contribution < 1.29 is 14.2 Å². The van der Waals surface area contributed by atoms with Gasteiger partial charge in [0.2, 0.25) is 0 Å². The minimum absolute atomic E-state index is 0.140. The summed E-state index contributed by atoms with van der Waals surface area (Å²) in [6, 6.07) is 1.23. The van der Waals surface area contributed by atoms with Crippen molar-refractivity contribution in [2.75, 3.05) is 21.3 Å². The van der Waals surface area contributed by atoms with Crippen molar-refractivity contribution in [1.29, 1.82) is 0 Å². The predicted molar refractivity (Wildman–Crippen MR) is 71.7 cm³/mol. The van der Waals surface area contributed by atoms with E-state index in [4.69, 9.17) is 14.2 Å². The van der Waals surface area contributed by atoms with Gasteiger partial charge in [0.1, 0.15) is 0 Å². The molecule has 0 amide bonds. The molecule has 0 spiro atoms. The standard InChI is InChI=1S/C13H26N2O3/c1-9(2)14-13(17-6)15(4)11-7-10(3)18-12(8-11)16-5/h9-12H,7-8H2,1-6H3/b14-13+/t10-,11+,12?/m1/s1. The molecule has 1 fully saturated rings. The van der Waals surface area contributed by atoms with Crippen LogP contribution < -0.4 is 0 Å².